The van der Waals surface area contributed by atoms with Crippen LogP contribution >= 0.6 is 0 Å². The van der Waals surface area contributed by atoms with Crippen LogP contribution in [0.25, 0.3) is 0 Å². The van der Waals surface area contributed by atoms with Crippen molar-refractivity contribution < 1.29 is 14.4 Å². The van der Waals surface area contributed by atoms with E-state index in [0.717, 1.165) is 16.0 Å². The summed E-state index contributed by atoms with van der Waals surface area (Å²) in [5, 5.41) is 4.01. The summed E-state index contributed by atoms with van der Waals surface area (Å²) in [4.78, 5) is 39.3. The molecule has 2 aliphatic rings. The Labute approximate surface area is 150 Å². The molecule has 0 aliphatic carbocycles. The van der Waals surface area contributed by atoms with E-state index in [-0.39, 0.29) is 23.8 Å². The Kier molecular flexibility index (Phi) is 3.88. The Bertz CT molecular complexity index is 919. The summed E-state index contributed by atoms with van der Waals surface area (Å²) < 4.78 is 0. The van der Waals surface area contributed by atoms with Crippen molar-refractivity contribution in [3.63, 3.8) is 0 Å². The number of amides is 2. The SMILES string of the molecule is Cc1ccc(N2C(=O)[C@H]3C(C(=O)Cc4ccccc4)=NN[C@H]3C2=O)cc1. The molecular weight excluding hydrogens is 330 g/mol. The number of carbonyl (C=O) groups is 3. The molecule has 0 saturated carbocycles. The monoisotopic (exact) mass is 347 g/mol. The zero-order valence-corrected chi connectivity index (χ0v) is 14.2. The fourth-order valence-corrected chi connectivity index (χ4v) is 3.34. The fourth-order valence-electron chi connectivity index (χ4n) is 3.34. The van der Waals surface area contributed by atoms with Crippen molar-refractivity contribution in [3.8, 4) is 0 Å². The number of hydrazone groups is 1. The van der Waals surface area contributed by atoms with Gasteiger partial charge in [-0.15, -0.1) is 0 Å². The van der Waals surface area contributed by atoms with Crippen LogP contribution in [0.3, 0.4) is 0 Å². The van der Waals surface area contributed by atoms with Crippen LogP contribution in [0, 0.1) is 12.8 Å². The number of carbonyl (C=O) groups excluding carboxylic acids is 3. The molecule has 1 N–H and O–H groups in total. The number of anilines is 1. The molecule has 26 heavy (non-hydrogen) atoms. The summed E-state index contributed by atoms with van der Waals surface area (Å²) in [6.45, 7) is 1.93. The summed E-state index contributed by atoms with van der Waals surface area (Å²) in [7, 11) is 0. The van der Waals surface area contributed by atoms with E-state index in [0.29, 0.717) is 5.69 Å². The lowest BCUT2D eigenvalue weighted by Gasteiger charge is -2.15. The summed E-state index contributed by atoms with van der Waals surface area (Å²) in [6, 6.07) is 15.6. The third kappa shape index (κ3) is 2.60. The van der Waals surface area contributed by atoms with Crippen LogP contribution in [0.5, 0.6) is 0 Å². The number of hydrogen-bond acceptors (Lipinski definition) is 5. The van der Waals surface area contributed by atoms with E-state index in [4.69, 9.17) is 0 Å². The van der Waals surface area contributed by atoms with E-state index >= 15 is 0 Å². The molecule has 4 rings (SSSR count). The van der Waals surface area contributed by atoms with E-state index in [1.54, 1.807) is 12.1 Å². The Morgan fingerprint density at radius 3 is 2.42 bits per heavy atom. The second-order valence-electron chi connectivity index (χ2n) is 6.51. The Hall–Kier alpha value is -3.28. The lowest BCUT2D eigenvalue weighted by molar-refractivity contribution is -0.122. The van der Waals surface area contributed by atoms with E-state index in [1.165, 1.54) is 0 Å². The first-order valence-electron chi connectivity index (χ1n) is 8.41. The van der Waals surface area contributed by atoms with Gasteiger partial charge in [0.15, 0.2) is 5.78 Å². The van der Waals surface area contributed by atoms with Crippen LogP contribution in [0.4, 0.5) is 5.69 Å². The minimum atomic E-state index is -0.861. The minimum Gasteiger partial charge on any atom is -0.296 e. The molecule has 2 aliphatic heterocycles. The van der Waals surface area contributed by atoms with Gasteiger partial charge in [-0.3, -0.25) is 19.8 Å². The predicted molar refractivity (Wildman–Crippen MR) is 96.7 cm³/mol. The number of nitrogens with zero attached hydrogens (tertiary/aromatic N) is 2. The zero-order chi connectivity index (χ0) is 18.3. The molecule has 130 valence electrons. The maximum Gasteiger partial charge on any atom is 0.259 e. The van der Waals surface area contributed by atoms with E-state index in [2.05, 4.69) is 10.5 Å². The Morgan fingerprint density at radius 1 is 1.04 bits per heavy atom. The van der Waals surface area contributed by atoms with Crippen LogP contribution in [0.2, 0.25) is 0 Å². The first-order valence-corrected chi connectivity index (χ1v) is 8.41. The highest BCUT2D eigenvalue weighted by molar-refractivity contribution is 6.49. The van der Waals surface area contributed by atoms with Crippen molar-refractivity contribution in [2.75, 3.05) is 4.90 Å². The molecule has 0 aromatic heterocycles. The molecule has 6 nitrogen and oxygen atoms in total. The highest BCUT2D eigenvalue weighted by Gasteiger charge is 2.55. The number of benzene rings is 2. The molecule has 1 saturated heterocycles. The number of Topliss-reactive ketones (excluding diaryl/α,β-unsaturated/α-hetero) is 1. The fraction of sp³-hybridized carbons (Fsp3) is 0.200. The highest BCUT2D eigenvalue weighted by atomic mass is 16.2. The molecule has 2 aromatic rings. The Balaban J connectivity index is 1.58. The van der Waals surface area contributed by atoms with E-state index in [1.807, 2.05) is 49.4 Å². The van der Waals surface area contributed by atoms with Gasteiger partial charge in [0, 0.05) is 6.42 Å². The number of fused-ring (bicyclic) bond motifs is 1. The molecule has 1 fully saturated rings. The van der Waals surface area contributed by atoms with Crippen molar-refractivity contribution in [1.82, 2.24) is 5.43 Å². The summed E-state index contributed by atoms with van der Waals surface area (Å²) in [6.07, 6.45) is 0.149. The van der Waals surface area contributed by atoms with Gasteiger partial charge in [-0.05, 0) is 24.6 Å². The Morgan fingerprint density at radius 2 is 1.73 bits per heavy atom. The molecule has 2 atom stereocenters. The van der Waals surface area contributed by atoms with Gasteiger partial charge in [-0.1, -0.05) is 48.0 Å². The van der Waals surface area contributed by atoms with E-state index < -0.39 is 17.9 Å². The largest absolute Gasteiger partial charge is 0.296 e. The van der Waals surface area contributed by atoms with Gasteiger partial charge >= 0.3 is 0 Å². The third-order valence-electron chi connectivity index (χ3n) is 4.71. The van der Waals surface area contributed by atoms with Crippen molar-refractivity contribution >= 4 is 29.0 Å². The zero-order valence-electron chi connectivity index (χ0n) is 14.2. The molecular formula is C20H17N3O3. The van der Waals surface area contributed by atoms with Gasteiger partial charge < -0.3 is 0 Å². The number of nitrogens with one attached hydrogen (secondary N) is 1. The van der Waals surface area contributed by atoms with Crippen LogP contribution in [0.15, 0.2) is 59.7 Å². The topological polar surface area (TPSA) is 78.8 Å². The predicted octanol–water partition coefficient (Wildman–Crippen LogP) is 1.62. The molecule has 2 heterocycles. The van der Waals surface area contributed by atoms with Crippen molar-refractivity contribution in [2.45, 2.75) is 19.4 Å². The molecule has 0 unspecified atom stereocenters. The van der Waals surface area contributed by atoms with Crippen molar-refractivity contribution in [3.05, 3.63) is 65.7 Å². The van der Waals surface area contributed by atoms with Gasteiger partial charge in [-0.2, -0.15) is 5.10 Å². The summed E-state index contributed by atoms with van der Waals surface area (Å²) in [5.41, 5.74) is 5.20. The number of aryl methyl sites for hydroxylation is 1. The molecule has 0 spiro atoms. The van der Waals surface area contributed by atoms with Gasteiger partial charge in [-0.25, -0.2) is 4.90 Å². The minimum absolute atomic E-state index is 0.131. The molecule has 0 radical (unpaired) electrons. The third-order valence-corrected chi connectivity index (χ3v) is 4.71. The molecule has 2 aromatic carbocycles. The van der Waals surface area contributed by atoms with Gasteiger partial charge in [0.25, 0.3) is 5.91 Å². The standard InChI is InChI=1S/C20H17N3O3/c1-12-7-9-14(10-8-12)23-19(25)16-17(21-22-18(16)20(23)26)15(24)11-13-5-3-2-4-6-13/h2-10,16,18,22H,11H2,1H3/t16-,18+/m0/s1. The van der Waals surface area contributed by atoms with Crippen LogP contribution in [-0.2, 0) is 20.8 Å². The summed E-state index contributed by atoms with van der Waals surface area (Å²) >= 11 is 0. The lowest BCUT2D eigenvalue weighted by Crippen LogP contribution is -2.36. The second kappa shape index (κ2) is 6.22. The number of ketones is 1. The first kappa shape index (κ1) is 16.2. The lowest BCUT2D eigenvalue weighted by atomic mass is 9.93. The van der Waals surface area contributed by atoms with Gasteiger partial charge in [0.2, 0.25) is 5.91 Å². The van der Waals surface area contributed by atoms with Crippen LogP contribution in [-0.4, -0.2) is 29.4 Å². The maximum atomic E-state index is 12.9. The first-order chi connectivity index (χ1) is 12.6. The normalized spacial score (nSPS) is 21.4. The average Bonchev–Trinajstić information content (AvgIpc) is 3.18. The number of hydrogen-bond donors (Lipinski definition) is 1. The van der Waals surface area contributed by atoms with E-state index in [9.17, 15) is 14.4 Å². The smallest absolute Gasteiger partial charge is 0.259 e. The second-order valence-corrected chi connectivity index (χ2v) is 6.51. The van der Waals surface area contributed by atoms with Crippen LogP contribution in [0.1, 0.15) is 11.1 Å². The van der Waals surface area contributed by atoms with Crippen LogP contribution < -0.4 is 10.3 Å². The van der Waals surface area contributed by atoms with Crippen molar-refractivity contribution in [2.24, 2.45) is 11.0 Å². The average molecular weight is 347 g/mol. The highest BCUT2D eigenvalue weighted by Crippen LogP contribution is 2.31. The van der Waals surface area contributed by atoms with Crippen molar-refractivity contribution in [1.29, 1.82) is 0 Å². The van der Waals surface area contributed by atoms with Gasteiger partial charge in [0.05, 0.1) is 5.69 Å². The molecule has 6 heteroatoms. The molecule has 2 amide bonds. The number of rotatable bonds is 4. The number of imide groups is 1. The maximum absolute atomic E-state index is 12.9. The summed E-state index contributed by atoms with van der Waals surface area (Å²) in [5.74, 6) is -1.90. The quantitative estimate of drug-likeness (QED) is 0.853. The van der Waals surface area contributed by atoms with Gasteiger partial charge in [0.1, 0.15) is 17.7 Å². The molecule has 0 bridgehead atoms.